The molecule has 1 aliphatic rings. The van der Waals surface area contributed by atoms with E-state index in [2.05, 4.69) is 5.32 Å². The summed E-state index contributed by atoms with van der Waals surface area (Å²) in [6, 6.07) is 5.33. The van der Waals surface area contributed by atoms with Crippen molar-refractivity contribution in [1.29, 1.82) is 0 Å². The highest BCUT2D eigenvalue weighted by Crippen LogP contribution is 2.28. The second-order valence-corrected chi connectivity index (χ2v) is 4.27. The van der Waals surface area contributed by atoms with Crippen LogP contribution < -0.4 is 5.32 Å². The van der Waals surface area contributed by atoms with Crippen molar-refractivity contribution >= 4 is 11.6 Å². The van der Waals surface area contributed by atoms with Crippen LogP contribution in [0.25, 0.3) is 0 Å². The molecule has 3 heteroatoms. The lowest BCUT2D eigenvalue weighted by Crippen LogP contribution is -2.15. The van der Waals surface area contributed by atoms with Gasteiger partial charge in [-0.1, -0.05) is 17.7 Å². The molecule has 0 aromatic heterocycles. The van der Waals surface area contributed by atoms with E-state index in [1.54, 1.807) is 12.1 Å². The molecule has 0 aliphatic heterocycles. The lowest BCUT2D eigenvalue weighted by Gasteiger charge is -2.04. The highest BCUT2D eigenvalue weighted by molar-refractivity contribution is 6.32. The number of hydrogen-bond acceptors (Lipinski definition) is 2. The Morgan fingerprint density at radius 2 is 2.21 bits per heavy atom. The molecular formula is C11H14ClNO. The molecule has 0 atom stereocenters. The monoisotopic (exact) mass is 211 g/mol. The fourth-order valence-electron chi connectivity index (χ4n) is 1.40. The third-order valence-electron chi connectivity index (χ3n) is 2.47. The van der Waals surface area contributed by atoms with Gasteiger partial charge < -0.3 is 10.4 Å². The minimum atomic E-state index is 0.151. The predicted octanol–water partition coefficient (Wildman–Crippen LogP) is 2.55. The summed E-state index contributed by atoms with van der Waals surface area (Å²) in [5.41, 5.74) is 1.12. The Bertz CT molecular complexity index is 323. The van der Waals surface area contributed by atoms with Gasteiger partial charge in [-0.2, -0.15) is 0 Å². The van der Waals surface area contributed by atoms with Crippen LogP contribution in [0.4, 0.5) is 0 Å². The standard InChI is InChI=1S/C11H14ClNO/c12-10-5-9(3-4-11(10)14)7-13-6-8-1-2-8/h3-5,8,13-14H,1-2,6-7H2. The Morgan fingerprint density at radius 3 is 2.86 bits per heavy atom. The third-order valence-corrected chi connectivity index (χ3v) is 2.77. The van der Waals surface area contributed by atoms with Crippen LogP contribution in [0.2, 0.25) is 5.02 Å². The first kappa shape index (κ1) is 9.81. The van der Waals surface area contributed by atoms with Crippen LogP contribution in [0.1, 0.15) is 18.4 Å². The average Bonchev–Trinajstić information content (AvgIpc) is 2.95. The molecule has 2 N–H and O–H groups in total. The summed E-state index contributed by atoms with van der Waals surface area (Å²) in [4.78, 5) is 0. The van der Waals surface area contributed by atoms with Gasteiger partial charge >= 0.3 is 0 Å². The molecule has 1 aromatic carbocycles. The first-order valence-electron chi connectivity index (χ1n) is 4.94. The van der Waals surface area contributed by atoms with Crippen LogP contribution >= 0.6 is 11.6 Å². The van der Waals surface area contributed by atoms with Crippen LogP contribution in [0.3, 0.4) is 0 Å². The van der Waals surface area contributed by atoms with E-state index in [0.717, 1.165) is 24.6 Å². The molecule has 1 saturated carbocycles. The Hall–Kier alpha value is -0.730. The smallest absolute Gasteiger partial charge is 0.134 e. The number of phenolic OH excluding ortho intramolecular Hbond substituents is 1. The lowest BCUT2D eigenvalue weighted by molar-refractivity contribution is 0.475. The number of hydrogen-bond donors (Lipinski definition) is 2. The van der Waals surface area contributed by atoms with Crippen molar-refractivity contribution in [3.63, 3.8) is 0 Å². The Balaban J connectivity index is 1.85. The Kier molecular flexibility index (Phi) is 2.94. The number of nitrogens with one attached hydrogen (secondary N) is 1. The molecule has 0 saturated heterocycles. The van der Waals surface area contributed by atoms with Gasteiger partial charge in [0.15, 0.2) is 0 Å². The number of halogens is 1. The lowest BCUT2D eigenvalue weighted by atomic mass is 10.2. The van der Waals surface area contributed by atoms with Gasteiger partial charge in [0.05, 0.1) is 5.02 Å². The molecule has 0 spiro atoms. The van der Waals surface area contributed by atoms with Crippen molar-refractivity contribution in [2.45, 2.75) is 19.4 Å². The fourth-order valence-corrected chi connectivity index (χ4v) is 1.61. The maximum Gasteiger partial charge on any atom is 0.134 e. The molecule has 0 unspecified atom stereocenters. The minimum absolute atomic E-state index is 0.151. The summed E-state index contributed by atoms with van der Waals surface area (Å²) >= 11 is 5.79. The van der Waals surface area contributed by atoms with Crippen LogP contribution in [0.15, 0.2) is 18.2 Å². The Labute approximate surface area is 88.9 Å². The van der Waals surface area contributed by atoms with E-state index in [-0.39, 0.29) is 5.75 Å². The van der Waals surface area contributed by atoms with Gasteiger partial charge in [-0.3, -0.25) is 0 Å². The van der Waals surface area contributed by atoms with Crippen molar-refractivity contribution in [2.24, 2.45) is 5.92 Å². The van der Waals surface area contributed by atoms with Gasteiger partial charge in [0, 0.05) is 6.54 Å². The number of aromatic hydroxyl groups is 1. The summed E-state index contributed by atoms with van der Waals surface area (Å²) in [5.74, 6) is 1.04. The first-order chi connectivity index (χ1) is 6.75. The summed E-state index contributed by atoms with van der Waals surface area (Å²) in [5, 5.41) is 13.0. The van der Waals surface area contributed by atoms with Crippen molar-refractivity contribution in [3.05, 3.63) is 28.8 Å². The van der Waals surface area contributed by atoms with E-state index < -0.39 is 0 Å². The van der Waals surface area contributed by atoms with Crippen molar-refractivity contribution in [1.82, 2.24) is 5.32 Å². The van der Waals surface area contributed by atoms with E-state index in [1.807, 2.05) is 6.07 Å². The molecule has 2 rings (SSSR count). The number of phenols is 1. The summed E-state index contributed by atoms with van der Waals surface area (Å²) in [6.45, 7) is 1.93. The zero-order chi connectivity index (χ0) is 9.97. The third kappa shape index (κ3) is 2.63. The van der Waals surface area contributed by atoms with Gasteiger partial charge in [0.25, 0.3) is 0 Å². The highest BCUT2D eigenvalue weighted by Gasteiger charge is 2.20. The maximum absolute atomic E-state index is 9.22. The number of rotatable bonds is 4. The normalized spacial score (nSPS) is 15.8. The summed E-state index contributed by atoms with van der Waals surface area (Å²) in [6.07, 6.45) is 2.73. The molecule has 0 heterocycles. The van der Waals surface area contributed by atoms with E-state index in [9.17, 15) is 5.11 Å². The zero-order valence-electron chi connectivity index (χ0n) is 7.96. The largest absolute Gasteiger partial charge is 0.506 e. The molecule has 14 heavy (non-hydrogen) atoms. The Morgan fingerprint density at radius 1 is 1.43 bits per heavy atom. The minimum Gasteiger partial charge on any atom is -0.506 e. The van der Waals surface area contributed by atoms with Gasteiger partial charge in [-0.05, 0) is 43.0 Å². The SMILES string of the molecule is Oc1ccc(CNCC2CC2)cc1Cl. The van der Waals surface area contributed by atoms with Gasteiger partial charge in [0.1, 0.15) is 5.75 Å². The van der Waals surface area contributed by atoms with E-state index >= 15 is 0 Å². The highest BCUT2D eigenvalue weighted by atomic mass is 35.5. The second kappa shape index (κ2) is 4.20. The molecule has 1 aliphatic carbocycles. The van der Waals surface area contributed by atoms with E-state index in [1.165, 1.54) is 12.8 Å². The molecule has 1 aromatic rings. The second-order valence-electron chi connectivity index (χ2n) is 3.86. The molecule has 2 nitrogen and oxygen atoms in total. The topological polar surface area (TPSA) is 32.3 Å². The van der Waals surface area contributed by atoms with Crippen LogP contribution in [-0.2, 0) is 6.54 Å². The zero-order valence-corrected chi connectivity index (χ0v) is 8.72. The summed E-state index contributed by atoms with van der Waals surface area (Å²) in [7, 11) is 0. The van der Waals surface area contributed by atoms with E-state index in [0.29, 0.717) is 5.02 Å². The summed E-state index contributed by atoms with van der Waals surface area (Å²) < 4.78 is 0. The molecular weight excluding hydrogens is 198 g/mol. The molecule has 0 bridgehead atoms. The van der Waals surface area contributed by atoms with Gasteiger partial charge in [-0.25, -0.2) is 0 Å². The molecule has 0 amide bonds. The molecule has 76 valence electrons. The van der Waals surface area contributed by atoms with Crippen LogP contribution in [-0.4, -0.2) is 11.7 Å². The van der Waals surface area contributed by atoms with Gasteiger partial charge in [-0.15, -0.1) is 0 Å². The van der Waals surface area contributed by atoms with Crippen LogP contribution in [0.5, 0.6) is 5.75 Å². The maximum atomic E-state index is 9.22. The van der Waals surface area contributed by atoms with Crippen molar-refractivity contribution in [2.75, 3.05) is 6.54 Å². The fraction of sp³-hybridized carbons (Fsp3) is 0.455. The molecule has 1 fully saturated rings. The number of benzene rings is 1. The van der Waals surface area contributed by atoms with E-state index in [4.69, 9.17) is 11.6 Å². The van der Waals surface area contributed by atoms with Gasteiger partial charge in [0.2, 0.25) is 0 Å². The predicted molar refractivity (Wildman–Crippen MR) is 57.5 cm³/mol. The van der Waals surface area contributed by atoms with Crippen molar-refractivity contribution < 1.29 is 5.11 Å². The quantitative estimate of drug-likeness (QED) is 0.803. The van der Waals surface area contributed by atoms with Crippen LogP contribution in [0, 0.1) is 5.92 Å². The van der Waals surface area contributed by atoms with Crippen molar-refractivity contribution in [3.8, 4) is 5.75 Å². The molecule has 0 radical (unpaired) electrons. The average molecular weight is 212 g/mol. The first-order valence-corrected chi connectivity index (χ1v) is 5.31.